The summed E-state index contributed by atoms with van der Waals surface area (Å²) in [5.41, 5.74) is 0.700. The van der Waals surface area contributed by atoms with Crippen LogP contribution >= 0.6 is 0 Å². The van der Waals surface area contributed by atoms with E-state index in [1.165, 1.54) is 0 Å². The molecule has 0 saturated carbocycles. The molecule has 2 rings (SSSR count). The van der Waals surface area contributed by atoms with Crippen LogP contribution in [0.2, 0.25) is 0 Å². The number of ether oxygens (including phenoxy) is 1. The number of anilines is 1. The average Bonchev–Trinajstić information content (AvgIpc) is 2.30. The number of nitrogens with zero attached hydrogens (tertiary/aromatic N) is 1. The number of carbonyl (C=O) groups is 1. The van der Waals surface area contributed by atoms with Crippen LogP contribution in [0.3, 0.4) is 0 Å². The second-order valence-corrected chi connectivity index (χ2v) is 4.91. The van der Waals surface area contributed by atoms with Crippen molar-refractivity contribution in [3.63, 3.8) is 0 Å². The van der Waals surface area contributed by atoms with Crippen LogP contribution in [-0.4, -0.2) is 29.2 Å². The smallest absolute Gasteiger partial charge is 0.414 e. The third-order valence-corrected chi connectivity index (χ3v) is 3.78. The van der Waals surface area contributed by atoms with E-state index in [9.17, 15) is 9.00 Å². The summed E-state index contributed by atoms with van der Waals surface area (Å²) in [6.45, 7) is 2.56. The molecule has 5 heteroatoms. The molecule has 1 aromatic carbocycles. The van der Waals surface area contributed by atoms with E-state index in [4.69, 9.17) is 4.74 Å². The number of amides is 1. The van der Waals surface area contributed by atoms with Crippen LogP contribution < -0.4 is 4.90 Å². The number of benzene rings is 1. The summed E-state index contributed by atoms with van der Waals surface area (Å²) in [7, 11) is -1.01. The van der Waals surface area contributed by atoms with Gasteiger partial charge in [0.25, 0.3) is 0 Å². The summed E-state index contributed by atoms with van der Waals surface area (Å²) in [6.07, 6.45) is -0.369. The zero-order valence-electron chi connectivity index (χ0n) is 9.01. The van der Waals surface area contributed by atoms with Crippen molar-refractivity contribution in [2.24, 2.45) is 0 Å². The molecule has 1 aromatic rings. The minimum absolute atomic E-state index is 0.348. The van der Waals surface area contributed by atoms with Crippen LogP contribution in [0.4, 0.5) is 10.5 Å². The Balaban J connectivity index is 2.34. The lowest BCUT2D eigenvalue weighted by Crippen LogP contribution is -2.38. The highest BCUT2D eigenvalue weighted by Crippen LogP contribution is 2.28. The van der Waals surface area contributed by atoms with Gasteiger partial charge in [-0.15, -0.1) is 0 Å². The Morgan fingerprint density at radius 2 is 2.25 bits per heavy atom. The molecule has 1 unspecified atom stereocenters. The van der Waals surface area contributed by atoms with Gasteiger partial charge < -0.3 is 4.74 Å². The highest BCUT2D eigenvalue weighted by atomic mass is 32.2. The number of fused-ring (bicyclic) bond motifs is 1. The zero-order chi connectivity index (χ0) is 11.5. The van der Waals surface area contributed by atoms with Gasteiger partial charge in [0, 0.05) is 12.3 Å². The fraction of sp³-hybridized carbons (Fsp3) is 0.364. The lowest BCUT2D eigenvalue weighted by atomic mass is 10.3. The molecule has 86 valence electrons. The van der Waals surface area contributed by atoms with Gasteiger partial charge in [0.05, 0.1) is 28.0 Å². The van der Waals surface area contributed by atoms with Gasteiger partial charge in [0.1, 0.15) is 0 Å². The van der Waals surface area contributed by atoms with Crippen molar-refractivity contribution in [1.29, 1.82) is 0 Å². The van der Waals surface area contributed by atoms with E-state index >= 15 is 0 Å². The fourth-order valence-corrected chi connectivity index (χ4v) is 2.88. The maximum absolute atomic E-state index is 11.7. The molecule has 0 bridgehead atoms. The maximum Gasteiger partial charge on any atom is 0.414 e. The van der Waals surface area contributed by atoms with Gasteiger partial charge in [-0.2, -0.15) is 0 Å². The monoisotopic (exact) mass is 239 g/mol. The summed E-state index contributed by atoms with van der Waals surface area (Å²) in [6, 6.07) is 7.24. The predicted octanol–water partition coefficient (Wildman–Crippen LogP) is 1.77. The van der Waals surface area contributed by atoms with Gasteiger partial charge in [-0.3, -0.25) is 9.11 Å². The Hall–Kier alpha value is -1.36. The van der Waals surface area contributed by atoms with Gasteiger partial charge >= 0.3 is 6.09 Å². The maximum atomic E-state index is 11.7. The average molecular weight is 239 g/mol. The molecule has 0 aromatic heterocycles. The molecule has 0 N–H and O–H groups in total. The van der Waals surface area contributed by atoms with Crippen molar-refractivity contribution in [1.82, 2.24) is 0 Å². The van der Waals surface area contributed by atoms with E-state index in [1.54, 1.807) is 24.0 Å². The molecule has 4 nitrogen and oxygen atoms in total. The summed E-state index contributed by atoms with van der Waals surface area (Å²) in [5.74, 6) is 0.468. The first kappa shape index (κ1) is 11.1. The lowest BCUT2D eigenvalue weighted by molar-refractivity contribution is 0.160. The molecule has 1 atom stereocenters. The number of rotatable bonds is 1. The molecule has 1 aliphatic rings. The van der Waals surface area contributed by atoms with Gasteiger partial charge in [0.2, 0.25) is 0 Å². The van der Waals surface area contributed by atoms with E-state index < -0.39 is 10.8 Å². The molecule has 0 radical (unpaired) electrons. The second kappa shape index (κ2) is 4.65. The van der Waals surface area contributed by atoms with Gasteiger partial charge in [-0.1, -0.05) is 12.1 Å². The van der Waals surface area contributed by atoms with Crippen LogP contribution in [0.5, 0.6) is 0 Å². The number of hydrogen-bond acceptors (Lipinski definition) is 3. The Bertz CT molecular complexity index is 433. The molecule has 0 saturated heterocycles. The summed E-state index contributed by atoms with van der Waals surface area (Å²) in [5, 5.41) is 0. The van der Waals surface area contributed by atoms with E-state index in [1.807, 2.05) is 12.1 Å². The molecule has 1 heterocycles. The fourth-order valence-electron chi connectivity index (χ4n) is 1.67. The minimum atomic E-state index is -1.01. The van der Waals surface area contributed by atoms with Crippen molar-refractivity contribution in [2.45, 2.75) is 11.8 Å². The standard InChI is InChI=1S/C11H13NO3S/c1-2-15-11(13)12-7-8-16(14)10-6-4-3-5-9(10)12/h3-6H,2,7-8H2,1H3. The number of carbonyl (C=O) groups excluding carboxylic acids is 1. The van der Waals surface area contributed by atoms with Crippen molar-refractivity contribution in [2.75, 3.05) is 23.8 Å². The van der Waals surface area contributed by atoms with E-state index in [0.717, 1.165) is 0 Å². The normalized spacial score (nSPS) is 19.1. The quantitative estimate of drug-likeness (QED) is 0.750. The van der Waals surface area contributed by atoms with Crippen molar-refractivity contribution >= 4 is 22.6 Å². The molecular weight excluding hydrogens is 226 g/mol. The first-order valence-corrected chi connectivity index (χ1v) is 6.47. The molecule has 0 spiro atoms. The molecular formula is C11H13NO3S. The highest BCUT2D eigenvalue weighted by molar-refractivity contribution is 7.85. The SMILES string of the molecule is CCOC(=O)N1CCS(=O)c2ccccc21. The van der Waals surface area contributed by atoms with Crippen LogP contribution in [-0.2, 0) is 15.5 Å². The molecule has 1 aliphatic heterocycles. The third kappa shape index (κ3) is 1.95. The van der Waals surface area contributed by atoms with Crippen LogP contribution in [0, 0.1) is 0 Å². The first-order chi connectivity index (χ1) is 7.74. The Morgan fingerprint density at radius 1 is 1.50 bits per heavy atom. The number of para-hydroxylation sites is 1. The largest absolute Gasteiger partial charge is 0.449 e. The minimum Gasteiger partial charge on any atom is -0.449 e. The Labute approximate surface area is 96.7 Å². The first-order valence-electron chi connectivity index (χ1n) is 5.15. The van der Waals surface area contributed by atoms with Crippen molar-refractivity contribution in [3.8, 4) is 0 Å². The summed E-state index contributed by atoms with van der Waals surface area (Å²) < 4.78 is 16.7. The van der Waals surface area contributed by atoms with Crippen molar-refractivity contribution < 1.29 is 13.7 Å². The third-order valence-electron chi connectivity index (χ3n) is 2.39. The summed E-state index contributed by atoms with van der Waals surface area (Å²) in [4.78, 5) is 13.9. The Kier molecular flexibility index (Phi) is 3.24. The molecule has 0 fully saturated rings. The van der Waals surface area contributed by atoms with Crippen LogP contribution in [0.15, 0.2) is 29.2 Å². The lowest BCUT2D eigenvalue weighted by Gasteiger charge is -2.27. The van der Waals surface area contributed by atoms with Crippen LogP contribution in [0.25, 0.3) is 0 Å². The van der Waals surface area contributed by atoms with E-state index in [0.29, 0.717) is 29.5 Å². The Morgan fingerprint density at radius 3 is 3.00 bits per heavy atom. The van der Waals surface area contributed by atoms with Crippen LogP contribution in [0.1, 0.15) is 6.92 Å². The van der Waals surface area contributed by atoms with E-state index in [-0.39, 0.29) is 6.09 Å². The molecule has 16 heavy (non-hydrogen) atoms. The van der Waals surface area contributed by atoms with Gasteiger partial charge in [0.15, 0.2) is 0 Å². The zero-order valence-corrected chi connectivity index (χ0v) is 9.83. The number of hydrogen-bond donors (Lipinski definition) is 0. The highest BCUT2D eigenvalue weighted by Gasteiger charge is 2.26. The van der Waals surface area contributed by atoms with Gasteiger partial charge in [-0.25, -0.2) is 4.79 Å². The second-order valence-electron chi connectivity index (χ2n) is 3.37. The molecule has 1 amide bonds. The summed E-state index contributed by atoms with van der Waals surface area (Å²) >= 11 is 0. The topological polar surface area (TPSA) is 46.6 Å². The van der Waals surface area contributed by atoms with Gasteiger partial charge in [-0.05, 0) is 19.1 Å². The van der Waals surface area contributed by atoms with Crippen molar-refractivity contribution in [3.05, 3.63) is 24.3 Å². The van der Waals surface area contributed by atoms with E-state index in [2.05, 4.69) is 0 Å². The molecule has 0 aliphatic carbocycles. The predicted molar refractivity (Wildman–Crippen MR) is 62.1 cm³/mol.